The van der Waals surface area contributed by atoms with E-state index in [1.807, 2.05) is 18.2 Å². The van der Waals surface area contributed by atoms with Gasteiger partial charge in [-0.2, -0.15) is 0 Å². The molecule has 0 spiro atoms. The first kappa shape index (κ1) is 35.6. The molecule has 3 N–H and O–H groups in total. The average molecular weight is 526 g/mol. The lowest BCUT2D eigenvalue weighted by molar-refractivity contribution is -0.122. The summed E-state index contributed by atoms with van der Waals surface area (Å²) >= 11 is 0. The Morgan fingerprint density at radius 1 is 0.658 bits per heavy atom. The van der Waals surface area contributed by atoms with Crippen LogP contribution in [-0.4, -0.2) is 34.9 Å². The van der Waals surface area contributed by atoms with Crippen LogP contribution in [0.3, 0.4) is 0 Å². The van der Waals surface area contributed by atoms with Crippen molar-refractivity contribution in [2.24, 2.45) is 0 Å². The Morgan fingerprint density at radius 2 is 1.18 bits per heavy atom. The van der Waals surface area contributed by atoms with E-state index < -0.39 is 12.1 Å². The molecule has 2 unspecified atom stereocenters. The van der Waals surface area contributed by atoms with E-state index in [1.165, 1.54) is 32.1 Å². The normalized spacial score (nSPS) is 14.5. The van der Waals surface area contributed by atoms with E-state index in [4.69, 9.17) is 0 Å². The zero-order chi connectivity index (χ0) is 27.9. The maximum atomic E-state index is 12.2. The molecule has 0 bridgehead atoms. The molecule has 214 valence electrons. The molecular formula is C34H55NO3. The van der Waals surface area contributed by atoms with E-state index in [1.54, 1.807) is 6.08 Å². The van der Waals surface area contributed by atoms with Gasteiger partial charge in [0.2, 0.25) is 5.91 Å². The van der Waals surface area contributed by atoms with E-state index in [-0.39, 0.29) is 18.9 Å². The number of hydrogen-bond acceptors (Lipinski definition) is 3. The minimum absolute atomic E-state index is 0.209. The Balaban J connectivity index is 3.98. The minimum atomic E-state index is -0.903. The van der Waals surface area contributed by atoms with Gasteiger partial charge >= 0.3 is 0 Å². The van der Waals surface area contributed by atoms with Gasteiger partial charge < -0.3 is 15.5 Å². The molecule has 0 aliphatic carbocycles. The Morgan fingerprint density at radius 3 is 1.76 bits per heavy atom. The van der Waals surface area contributed by atoms with Crippen molar-refractivity contribution in [2.75, 3.05) is 6.61 Å². The number of aliphatic hydroxyl groups is 2. The molecule has 0 aliphatic heterocycles. The molecule has 0 rings (SSSR count). The largest absolute Gasteiger partial charge is 0.394 e. The van der Waals surface area contributed by atoms with Crippen LogP contribution in [0.1, 0.15) is 104 Å². The van der Waals surface area contributed by atoms with Crippen LogP contribution in [0.5, 0.6) is 0 Å². The lowest BCUT2D eigenvalue weighted by Gasteiger charge is -2.19. The second kappa shape index (κ2) is 29.1. The number of carbonyl (C=O) groups is 1. The molecule has 38 heavy (non-hydrogen) atoms. The molecule has 2 atom stereocenters. The summed E-state index contributed by atoms with van der Waals surface area (Å²) in [5, 5.41) is 22.6. The monoisotopic (exact) mass is 525 g/mol. The highest BCUT2D eigenvalue weighted by atomic mass is 16.3. The summed E-state index contributed by atoms with van der Waals surface area (Å²) in [6.45, 7) is 4.07. The molecule has 0 fully saturated rings. The maximum absolute atomic E-state index is 12.2. The first-order valence-corrected chi connectivity index (χ1v) is 14.8. The molecule has 1 amide bonds. The first-order valence-electron chi connectivity index (χ1n) is 14.8. The second-order valence-electron chi connectivity index (χ2n) is 9.44. The number of aliphatic hydroxyl groups excluding tert-OH is 2. The molecule has 0 saturated carbocycles. The van der Waals surface area contributed by atoms with Crippen molar-refractivity contribution in [3.8, 4) is 0 Å². The number of rotatable bonds is 24. The fraction of sp³-hybridized carbons (Fsp3) is 0.559. The van der Waals surface area contributed by atoms with Gasteiger partial charge in [-0.3, -0.25) is 4.79 Å². The molecule has 0 aromatic carbocycles. The predicted octanol–water partition coefficient (Wildman–Crippen LogP) is 8.22. The number of nitrogens with one attached hydrogen (secondary N) is 1. The van der Waals surface area contributed by atoms with Crippen LogP contribution in [0.2, 0.25) is 0 Å². The first-order chi connectivity index (χ1) is 18.7. The summed E-state index contributed by atoms with van der Waals surface area (Å²) < 4.78 is 0. The minimum Gasteiger partial charge on any atom is -0.394 e. The van der Waals surface area contributed by atoms with Crippen molar-refractivity contribution in [3.05, 3.63) is 85.1 Å². The van der Waals surface area contributed by atoms with Crippen LogP contribution in [-0.2, 0) is 4.79 Å². The predicted molar refractivity (Wildman–Crippen MR) is 165 cm³/mol. The quantitative estimate of drug-likeness (QED) is 0.0878. The highest BCUT2D eigenvalue weighted by Crippen LogP contribution is 2.06. The molecule has 0 aliphatic rings. The molecule has 4 heteroatoms. The van der Waals surface area contributed by atoms with Crippen LogP contribution in [0.25, 0.3) is 0 Å². The summed E-state index contributed by atoms with van der Waals surface area (Å²) in [6, 6.07) is -0.694. The smallest absolute Gasteiger partial charge is 0.224 e. The fourth-order valence-electron chi connectivity index (χ4n) is 3.61. The van der Waals surface area contributed by atoms with Gasteiger partial charge in [0.15, 0.2) is 0 Å². The van der Waals surface area contributed by atoms with Crippen molar-refractivity contribution in [3.63, 3.8) is 0 Å². The van der Waals surface area contributed by atoms with Gasteiger partial charge in [0, 0.05) is 6.42 Å². The number of carbonyl (C=O) groups excluding carboxylic acids is 1. The average Bonchev–Trinajstić information content (AvgIpc) is 2.92. The van der Waals surface area contributed by atoms with Gasteiger partial charge in [0.1, 0.15) is 0 Å². The third-order valence-corrected chi connectivity index (χ3v) is 5.89. The highest BCUT2D eigenvalue weighted by molar-refractivity contribution is 5.77. The van der Waals surface area contributed by atoms with Gasteiger partial charge in [0.25, 0.3) is 0 Å². The number of allylic oxidation sites excluding steroid dienone is 12. The highest BCUT2D eigenvalue weighted by Gasteiger charge is 2.17. The van der Waals surface area contributed by atoms with Crippen molar-refractivity contribution >= 4 is 5.91 Å². The molecule has 0 saturated heterocycles. The summed E-state index contributed by atoms with van der Waals surface area (Å²) in [7, 11) is 0. The third-order valence-electron chi connectivity index (χ3n) is 5.89. The summed E-state index contributed by atoms with van der Waals surface area (Å²) in [4.78, 5) is 12.2. The van der Waals surface area contributed by atoms with Crippen molar-refractivity contribution in [1.29, 1.82) is 0 Å². The van der Waals surface area contributed by atoms with Gasteiger partial charge in [-0.05, 0) is 57.8 Å². The van der Waals surface area contributed by atoms with E-state index in [9.17, 15) is 15.0 Å². The van der Waals surface area contributed by atoms with Gasteiger partial charge in [-0.15, -0.1) is 0 Å². The van der Waals surface area contributed by atoms with Gasteiger partial charge in [-0.1, -0.05) is 125 Å². The lowest BCUT2D eigenvalue weighted by Crippen LogP contribution is -2.44. The lowest BCUT2D eigenvalue weighted by atomic mass is 10.1. The van der Waals surface area contributed by atoms with Crippen molar-refractivity contribution in [1.82, 2.24) is 5.32 Å². The van der Waals surface area contributed by atoms with E-state index in [0.717, 1.165) is 51.4 Å². The van der Waals surface area contributed by atoms with Crippen molar-refractivity contribution in [2.45, 2.75) is 116 Å². The van der Waals surface area contributed by atoms with Crippen LogP contribution in [0.15, 0.2) is 85.1 Å². The van der Waals surface area contributed by atoms with Crippen LogP contribution >= 0.6 is 0 Å². The van der Waals surface area contributed by atoms with Crippen LogP contribution < -0.4 is 5.32 Å². The Kier molecular flexibility index (Phi) is 27.3. The van der Waals surface area contributed by atoms with Crippen LogP contribution in [0, 0.1) is 0 Å². The molecule has 0 aromatic heterocycles. The van der Waals surface area contributed by atoms with Gasteiger partial charge in [-0.25, -0.2) is 0 Å². The molecule has 0 heterocycles. The number of unbranched alkanes of at least 4 members (excludes halogenated alkanes) is 6. The zero-order valence-electron chi connectivity index (χ0n) is 24.1. The summed E-state index contributed by atoms with van der Waals surface area (Å²) in [5.41, 5.74) is 0. The summed E-state index contributed by atoms with van der Waals surface area (Å²) in [5.74, 6) is -0.209. The molecule has 0 radical (unpaired) electrons. The third kappa shape index (κ3) is 25.2. The maximum Gasteiger partial charge on any atom is 0.224 e. The van der Waals surface area contributed by atoms with Gasteiger partial charge in [0.05, 0.1) is 18.8 Å². The fourth-order valence-corrected chi connectivity index (χ4v) is 3.61. The van der Waals surface area contributed by atoms with E-state index in [0.29, 0.717) is 0 Å². The second-order valence-corrected chi connectivity index (χ2v) is 9.44. The Labute approximate surface area is 233 Å². The summed E-state index contributed by atoms with van der Waals surface area (Å²) in [6.07, 6.45) is 42.4. The topological polar surface area (TPSA) is 69.6 Å². The van der Waals surface area contributed by atoms with E-state index in [2.05, 4.69) is 79.9 Å². The van der Waals surface area contributed by atoms with E-state index >= 15 is 0 Å². The Hall–Kier alpha value is -2.43. The molecule has 4 nitrogen and oxygen atoms in total. The number of amides is 1. The SMILES string of the molecule is CC/C=C\C/C=C\C/C=C\C/C=C\C/C=C\CC(=O)NC(CO)C(O)/C=C/CC/C=C/CCCCCCC. The van der Waals surface area contributed by atoms with Crippen molar-refractivity contribution < 1.29 is 15.0 Å². The number of hydrogen-bond donors (Lipinski definition) is 3. The molecular weight excluding hydrogens is 470 g/mol. The Bertz CT molecular complexity index is 743. The zero-order valence-corrected chi connectivity index (χ0v) is 24.1. The van der Waals surface area contributed by atoms with Crippen LogP contribution in [0.4, 0.5) is 0 Å². The standard InChI is InChI=1S/C34H55NO3/c1-3-5-7-9-11-13-15-16-17-18-20-22-24-26-28-30-34(38)35-32(31-36)33(37)29-27-25-23-21-19-14-12-10-8-6-4-2/h5,7,11,13,16-17,19-22,26-29,32-33,36-37H,3-4,6,8-10,12,14-15,18,23-25,30-31H2,1-2H3,(H,35,38)/b7-5-,13-11-,17-16-,21-19+,22-20-,28-26-,29-27+. The molecule has 0 aromatic rings.